The normalized spacial score (nSPS) is 15.4. The number of anilines is 1. The fourth-order valence-electron chi connectivity index (χ4n) is 2.55. The van der Waals surface area contributed by atoms with E-state index in [-0.39, 0.29) is 5.91 Å². The molecule has 23 heavy (non-hydrogen) atoms. The molecule has 1 heterocycles. The highest BCUT2D eigenvalue weighted by molar-refractivity contribution is 8.16. The van der Waals surface area contributed by atoms with E-state index in [1.54, 1.807) is 0 Å². The van der Waals surface area contributed by atoms with Crippen LogP contribution in [0, 0.1) is 13.8 Å². The topological polar surface area (TPSA) is 29.1 Å². The Morgan fingerprint density at radius 3 is 2.43 bits per heavy atom. The maximum Gasteiger partial charge on any atom is 0.255 e. The smallest absolute Gasteiger partial charge is 0.255 e. The Bertz CT molecular complexity index is 691. The molecule has 1 fully saturated rings. The zero-order valence-electron chi connectivity index (χ0n) is 13.5. The number of carbonyl (C=O) groups is 1. The first kappa shape index (κ1) is 16.5. The van der Waals surface area contributed by atoms with Gasteiger partial charge in [0, 0.05) is 11.3 Å². The van der Waals surface area contributed by atoms with E-state index < -0.39 is 0 Å². The molecular formula is C19H21NOS2. The van der Waals surface area contributed by atoms with E-state index in [1.807, 2.05) is 54.7 Å². The number of hydrogen-bond acceptors (Lipinski definition) is 3. The molecule has 0 spiro atoms. The Kier molecular flexibility index (Phi) is 5.34. The molecule has 0 bridgehead atoms. The summed E-state index contributed by atoms with van der Waals surface area (Å²) in [7, 11) is 0. The molecule has 0 atom stereocenters. The second-order valence-electron chi connectivity index (χ2n) is 5.75. The first-order valence-electron chi connectivity index (χ1n) is 7.86. The number of nitrogens with one attached hydrogen (secondary N) is 1. The SMILES string of the molecule is Cc1cccc(NC(=O)c2ccc(C3SCCCS3)cc2)c1C. The lowest BCUT2D eigenvalue weighted by atomic mass is 10.1. The van der Waals surface area contributed by atoms with Crippen LogP contribution >= 0.6 is 23.5 Å². The van der Waals surface area contributed by atoms with Crippen molar-refractivity contribution in [2.75, 3.05) is 16.8 Å². The zero-order chi connectivity index (χ0) is 16.2. The van der Waals surface area contributed by atoms with Crippen molar-refractivity contribution >= 4 is 35.1 Å². The molecule has 4 heteroatoms. The van der Waals surface area contributed by atoms with Crippen LogP contribution in [0.1, 0.15) is 38.1 Å². The van der Waals surface area contributed by atoms with Crippen molar-refractivity contribution in [2.45, 2.75) is 24.9 Å². The minimum atomic E-state index is -0.0470. The molecule has 2 nitrogen and oxygen atoms in total. The van der Waals surface area contributed by atoms with Crippen LogP contribution in [0.15, 0.2) is 42.5 Å². The summed E-state index contributed by atoms with van der Waals surface area (Å²) in [5, 5.41) is 3.02. The molecular weight excluding hydrogens is 322 g/mol. The average molecular weight is 344 g/mol. The van der Waals surface area contributed by atoms with Crippen LogP contribution in [0.2, 0.25) is 0 Å². The summed E-state index contributed by atoms with van der Waals surface area (Å²) in [5.41, 5.74) is 5.21. The van der Waals surface area contributed by atoms with Gasteiger partial charge in [-0.1, -0.05) is 24.3 Å². The van der Waals surface area contributed by atoms with Gasteiger partial charge < -0.3 is 5.32 Å². The van der Waals surface area contributed by atoms with E-state index in [0.29, 0.717) is 10.1 Å². The molecule has 2 aromatic rings. The first-order chi connectivity index (χ1) is 11.1. The van der Waals surface area contributed by atoms with E-state index in [4.69, 9.17) is 0 Å². The Morgan fingerprint density at radius 1 is 1.04 bits per heavy atom. The van der Waals surface area contributed by atoms with Gasteiger partial charge in [-0.05, 0) is 66.7 Å². The highest BCUT2D eigenvalue weighted by Gasteiger charge is 2.17. The van der Waals surface area contributed by atoms with E-state index >= 15 is 0 Å². The maximum absolute atomic E-state index is 12.4. The molecule has 0 aliphatic carbocycles. The lowest BCUT2D eigenvalue weighted by Gasteiger charge is -2.21. The minimum Gasteiger partial charge on any atom is -0.322 e. The molecule has 1 aliphatic rings. The van der Waals surface area contributed by atoms with Crippen molar-refractivity contribution in [2.24, 2.45) is 0 Å². The Labute approximate surface area is 146 Å². The summed E-state index contributed by atoms with van der Waals surface area (Å²) in [6.07, 6.45) is 1.29. The highest BCUT2D eigenvalue weighted by Crippen LogP contribution is 2.43. The number of amides is 1. The van der Waals surface area contributed by atoms with Crippen molar-refractivity contribution in [3.05, 3.63) is 64.7 Å². The molecule has 0 aromatic heterocycles. The van der Waals surface area contributed by atoms with Gasteiger partial charge in [-0.3, -0.25) is 4.79 Å². The van der Waals surface area contributed by atoms with Crippen LogP contribution in [0.25, 0.3) is 0 Å². The summed E-state index contributed by atoms with van der Waals surface area (Å²) in [4.78, 5) is 12.4. The fraction of sp³-hybridized carbons (Fsp3) is 0.316. The summed E-state index contributed by atoms with van der Waals surface area (Å²) in [5.74, 6) is 2.41. The molecule has 1 N–H and O–H groups in total. The monoisotopic (exact) mass is 343 g/mol. The lowest BCUT2D eigenvalue weighted by molar-refractivity contribution is 0.102. The van der Waals surface area contributed by atoms with E-state index in [2.05, 4.69) is 30.4 Å². The van der Waals surface area contributed by atoms with Gasteiger partial charge in [-0.2, -0.15) is 0 Å². The molecule has 3 rings (SSSR count). The van der Waals surface area contributed by atoms with Gasteiger partial charge in [0.2, 0.25) is 0 Å². The van der Waals surface area contributed by atoms with Crippen LogP contribution in [0.5, 0.6) is 0 Å². The number of thioether (sulfide) groups is 2. The quantitative estimate of drug-likeness (QED) is 0.806. The van der Waals surface area contributed by atoms with Gasteiger partial charge in [-0.25, -0.2) is 0 Å². The van der Waals surface area contributed by atoms with Gasteiger partial charge in [-0.15, -0.1) is 23.5 Å². The fourth-order valence-corrected chi connectivity index (χ4v) is 5.45. The molecule has 120 valence electrons. The second kappa shape index (κ2) is 7.45. The third-order valence-corrected chi connectivity index (χ3v) is 7.14. The zero-order valence-corrected chi connectivity index (χ0v) is 15.1. The van der Waals surface area contributed by atoms with Gasteiger partial charge in [0.1, 0.15) is 0 Å². The lowest BCUT2D eigenvalue weighted by Crippen LogP contribution is -2.13. The van der Waals surface area contributed by atoms with Crippen LogP contribution < -0.4 is 5.32 Å². The van der Waals surface area contributed by atoms with Gasteiger partial charge in [0.05, 0.1) is 4.58 Å². The highest BCUT2D eigenvalue weighted by atomic mass is 32.2. The standard InChI is InChI=1S/C19H21NOS2/c1-13-5-3-6-17(14(13)2)20-18(21)15-7-9-16(10-8-15)19-22-11-4-12-23-19/h3,5-10,19H,4,11-12H2,1-2H3,(H,20,21). The summed E-state index contributed by atoms with van der Waals surface area (Å²) in [6.45, 7) is 4.09. The summed E-state index contributed by atoms with van der Waals surface area (Å²) >= 11 is 4.00. The van der Waals surface area contributed by atoms with Crippen LogP contribution in [0.3, 0.4) is 0 Å². The van der Waals surface area contributed by atoms with Gasteiger partial charge >= 0.3 is 0 Å². The number of rotatable bonds is 3. The predicted molar refractivity (Wildman–Crippen MR) is 103 cm³/mol. The Morgan fingerprint density at radius 2 is 1.74 bits per heavy atom. The largest absolute Gasteiger partial charge is 0.322 e. The van der Waals surface area contributed by atoms with Crippen molar-refractivity contribution in [1.29, 1.82) is 0 Å². The second-order valence-corrected chi connectivity index (χ2v) is 8.48. The summed E-state index contributed by atoms with van der Waals surface area (Å²) < 4.78 is 0.514. The van der Waals surface area contributed by atoms with E-state index in [9.17, 15) is 4.79 Å². The average Bonchev–Trinajstić information content (AvgIpc) is 2.60. The van der Waals surface area contributed by atoms with Crippen LogP contribution in [-0.2, 0) is 0 Å². The number of aryl methyl sites for hydroxylation is 1. The van der Waals surface area contributed by atoms with Crippen molar-refractivity contribution in [1.82, 2.24) is 0 Å². The van der Waals surface area contributed by atoms with Crippen LogP contribution in [0.4, 0.5) is 5.69 Å². The number of benzene rings is 2. The third kappa shape index (κ3) is 3.93. The number of hydrogen-bond donors (Lipinski definition) is 1. The van der Waals surface area contributed by atoms with Gasteiger partial charge in [0.25, 0.3) is 5.91 Å². The van der Waals surface area contributed by atoms with Crippen molar-refractivity contribution < 1.29 is 4.79 Å². The van der Waals surface area contributed by atoms with Gasteiger partial charge in [0.15, 0.2) is 0 Å². The maximum atomic E-state index is 12.4. The molecule has 2 aromatic carbocycles. The molecule has 0 radical (unpaired) electrons. The Hall–Kier alpha value is -1.39. The predicted octanol–water partition coefficient (Wildman–Crippen LogP) is 5.42. The summed E-state index contributed by atoms with van der Waals surface area (Å²) in [6, 6.07) is 14.0. The minimum absolute atomic E-state index is 0.0470. The van der Waals surface area contributed by atoms with E-state index in [1.165, 1.54) is 29.1 Å². The van der Waals surface area contributed by atoms with Crippen molar-refractivity contribution in [3.63, 3.8) is 0 Å². The molecule has 0 saturated carbocycles. The molecule has 1 aliphatic heterocycles. The molecule has 1 amide bonds. The molecule has 0 unspecified atom stereocenters. The Balaban J connectivity index is 1.71. The van der Waals surface area contributed by atoms with Crippen LogP contribution in [-0.4, -0.2) is 17.4 Å². The third-order valence-electron chi connectivity index (χ3n) is 4.12. The van der Waals surface area contributed by atoms with E-state index in [0.717, 1.165) is 11.3 Å². The van der Waals surface area contributed by atoms with Crippen molar-refractivity contribution in [3.8, 4) is 0 Å². The number of carbonyl (C=O) groups excluding carboxylic acids is 1. The first-order valence-corrected chi connectivity index (χ1v) is 9.95. The molecule has 1 saturated heterocycles.